The molecule has 0 unspecified atom stereocenters. The Morgan fingerprint density at radius 1 is 1.00 bits per heavy atom. The van der Waals surface area contributed by atoms with Gasteiger partial charge in [-0.1, -0.05) is 73.9 Å². The highest BCUT2D eigenvalue weighted by Gasteiger charge is 2.14. The summed E-state index contributed by atoms with van der Waals surface area (Å²) in [6, 6.07) is 8.30. The van der Waals surface area contributed by atoms with Gasteiger partial charge in [0.1, 0.15) is 5.76 Å². The Hall–Kier alpha value is -2.68. The van der Waals surface area contributed by atoms with Crippen LogP contribution in [0.3, 0.4) is 0 Å². The van der Waals surface area contributed by atoms with E-state index in [9.17, 15) is 8.78 Å². The van der Waals surface area contributed by atoms with E-state index in [4.69, 9.17) is 0 Å². The smallest absolute Gasteiger partial charge is 0.200 e. The molecule has 25 heavy (non-hydrogen) atoms. The first kappa shape index (κ1) is 20.4. The van der Waals surface area contributed by atoms with Crippen LogP contribution in [0.15, 0.2) is 96.9 Å². The first-order valence-electron chi connectivity index (χ1n) is 7.84. The topological polar surface area (TPSA) is 9.23 Å². The molecule has 0 bridgehead atoms. The van der Waals surface area contributed by atoms with Crippen molar-refractivity contribution in [2.45, 2.75) is 19.8 Å². The van der Waals surface area contributed by atoms with Crippen molar-refractivity contribution < 1.29 is 13.5 Å². The molecule has 0 radical (unpaired) electrons. The van der Waals surface area contributed by atoms with Gasteiger partial charge in [-0.3, -0.25) is 0 Å². The quantitative estimate of drug-likeness (QED) is 0.369. The summed E-state index contributed by atoms with van der Waals surface area (Å²) in [5.74, 6) is -2.70. The standard InChI is InChI=1S/C22H24F2O/c1-15(8-12-20-13-9-16(2)10-14-20)7-11-17(3)18(4)21(23)22(24)19(5)25-6/h7,9-11,13-14H,1,3-5,8,12H2,2,6H3/b11-7-,22-21-. The molecule has 0 aliphatic heterocycles. The van der Waals surface area contributed by atoms with Gasteiger partial charge in [-0.15, -0.1) is 0 Å². The molecule has 1 aromatic carbocycles. The largest absolute Gasteiger partial charge is 0.494 e. The van der Waals surface area contributed by atoms with Crippen LogP contribution in [0, 0.1) is 6.92 Å². The maximum atomic E-state index is 14.0. The van der Waals surface area contributed by atoms with Crippen molar-refractivity contribution in [3.63, 3.8) is 0 Å². The number of methoxy groups -OCH3 is 1. The fourth-order valence-corrected chi connectivity index (χ4v) is 1.95. The van der Waals surface area contributed by atoms with Gasteiger partial charge in [-0.2, -0.15) is 4.39 Å². The summed E-state index contributed by atoms with van der Waals surface area (Å²) >= 11 is 0. The molecule has 0 heterocycles. The number of benzene rings is 1. The van der Waals surface area contributed by atoms with Crippen LogP contribution in [0.2, 0.25) is 0 Å². The predicted molar refractivity (Wildman–Crippen MR) is 101 cm³/mol. The Kier molecular flexibility index (Phi) is 7.80. The average molecular weight is 342 g/mol. The van der Waals surface area contributed by atoms with Gasteiger partial charge in [-0.05, 0) is 30.9 Å². The van der Waals surface area contributed by atoms with E-state index in [1.54, 1.807) is 12.2 Å². The second-order valence-electron chi connectivity index (χ2n) is 5.74. The average Bonchev–Trinajstić information content (AvgIpc) is 2.62. The maximum absolute atomic E-state index is 14.0. The molecule has 132 valence electrons. The number of allylic oxidation sites excluding steroid dienone is 7. The summed E-state index contributed by atoms with van der Waals surface area (Å²) < 4.78 is 32.2. The fraction of sp³-hybridized carbons (Fsp3) is 0.182. The minimum Gasteiger partial charge on any atom is -0.494 e. The van der Waals surface area contributed by atoms with Gasteiger partial charge >= 0.3 is 0 Å². The van der Waals surface area contributed by atoms with Gasteiger partial charge in [0, 0.05) is 5.57 Å². The van der Waals surface area contributed by atoms with Gasteiger partial charge in [0.25, 0.3) is 0 Å². The maximum Gasteiger partial charge on any atom is 0.200 e. The highest BCUT2D eigenvalue weighted by Crippen LogP contribution is 2.26. The zero-order valence-electron chi connectivity index (χ0n) is 14.9. The molecule has 0 aromatic heterocycles. The minimum absolute atomic E-state index is 0.154. The van der Waals surface area contributed by atoms with Crippen molar-refractivity contribution in [3.8, 4) is 0 Å². The molecule has 1 nitrogen and oxygen atoms in total. The second-order valence-corrected chi connectivity index (χ2v) is 5.74. The molecule has 3 heteroatoms. The lowest BCUT2D eigenvalue weighted by atomic mass is 10.0. The van der Waals surface area contributed by atoms with Gasteiger partial charge in [-0.25, -0.2) is 4.39 Å². The Labute approximate surface area is 149 Å². The first-order chi connectivity index (χ1) is 11.8. The summed E-state index contributed by atoms with van der Waals surface area (Å²) in [4.78, 5) is 0. The Balaban J connectivity index is 2.63. The van der Waals surface area contributed by atoms with E-state index in [1.807, 2.05) is 6.92 Å². The first-order valence-corrected chi connectivity index (χ1v) is 7.84. The lowest BCUT2D eigenvalue weighted by Gasteiger charge is -2.07. The molecule has 0 fully saturated rings. The molecule has 0 amide bonds. The summed E-state index contributed by atoms with van der Waals surface area (Å²) in [5.41, 5.74) is 3.40. The van der Waals surface area contributed by atoms with Crippen LogP contribution >= 0.6 is 0 Å². The zero-order chi connectivity index (χ0) is 19.0. The molecular formula is C22H24F2O. The summed E-state index contributed by atoms with van der Waals surface area (Å²) in [6.07, 6.45) is 4.92. The van der Waals surface area contributed by atoms with Crippen molar-refractivity contribution in [2.75, 3.05) is 7.11 Å². The molecular weight excluding hydrogens is 318 g/mol. The monoisotopic (exact) mass is 342 g/mol. The van der Waals surface area contributed by atoms with Gasteiger partial charge in [0.2, 0.25) is 5.83 Å². The fourth-order valence-electron chi connectivity index (χ4n) is 1.95. The van der Waals surface area contributed by atoms with E-state index in [1.165, 1.54) is 18.2 Å². The molecule has 1 aromatic rings. The molecule has 1 rings (SSSR count). The van der Waals surface area contributed by atoms with Crippen LogP contribution < -0.4 is 0 Å². The number of halogens is 2. The highest BCUT2D eigenvalue weighted by atomic mass is 19.2. The highest BCUT2D eigenvalue weighted by molar-refractivity contribution is 5.49. The second kappa shape index (κ2) is 9.58. The summed E-state index contributed by atoms with van der Waals surface area (Å²) in [6.45, 7) is 16.5. The number of aryl methyl sites for hydroxylation is 2. The van der Waals surface area contributed by atoms with Crippen molar-refractivity contribution in [1.82, 2.24) is 0 Å². The molecule has 0 saturated heterocycles. The van der Waals surface area contributed by atoms with Gasteiger partial charge in [0.05, 0.1) is 7.11 Å². The molecule has 0 saturated carbocycles. The van der Waals surface area contributed by atoms with Crippen molar-refractivity contribution >= 4 is 0 Å². The van der Waals surface area contributed by atoms with E-state index in [0.717, 1.165) is 18.4 Å². The van der Waals surface area contributed by atoms with Crippen LogP contribution in [0.5, 0.6) is 0 Å². The van der Waals surface area contributed by atoms with E-state index < -0.39 is 17.4 Å². The van der Waals surface area contributed by atoms with Gasteiger partial charge < -0.3 is 4.74 Å². The number of rotatable bonds is 9. The molecule has 0 aliphatic carbocycles. The number of hydrogen-bond acceptors (Lipinski definition) is 1. The third-order valence-electron chi connectivity index (χ3n) is 3.71. The zero-order valence-corrected chi connectivity index (χ0v) is 14.9. The van der Waals surface area contributed by atoms with E-state index in [2.05, 4.69) is 55.3 Å². The SMILES string of the molecule is C=C(/C=C\C(=C)C(=C)/C(F)=C(/F)C(=C)OC)CCc1ccc(C)cc1. The molecule has 0 aliphatic rings. The van der Waals surface area contributed by atoms with Gasteiger partial charge in [0.15, 0.2) is 5.83 Å². The Morgan fingerprint density at radius 2 is 1.60 bits per heavy atom. The lowest BCUT2D eigenvalue weighted by molar-refractivity contribution is 0.281. The molecule has 0 N–H and O–H groups in total. The van der Waals surface area contributed by atoms with E-state index >= 15 is 0 Å². The van der Waals surface area contributed by atoms with E-state index in [-0.39, 0.29) is 11.1 Å². The predicted octanol–water partition coefficient (Wildman–Crippen LogP) is 6.46. The normalized spacial score (nSPS) is 11.8. The third-order valence-corrected chi connectivity index (χ3v) is 3.71. The summed E-state index contributed by atoms with van der Waals surface area (Å²) in [5, 5.41) is 0. The van der Waals surface area contributed by atoms with Crippen LogP contribution in [-0.4, -0.2) is 7.11 Å². The van der Waals surface area contributed by atoms with Crippen molar-refractivity contribution in [3.05, 3.63) is 108 Å². The number of ether oxygens (including phenoxy) is 1. The van der Waals surface area contributed by atoms with Crippen LogP contribution in [0.25, 0.3) is 0 Å². The van der Waals surface area contributed by atoms with Crippen molar-refractivity contribution in [2.24, 2.45) is 0 Å². The Bertz CT molecular complexity index is 734. The minimum atomic E-state index is -1.18. The molecule has 0 spiro atoms. The van der Waals surface area contributed by atoms with Crippen LogP contribution in [-0.2, 0) is 11.2 Å². The lowest BCUT2D eigenvalue weighted by Crippen LogP contribution is -1.93. The third kappa shape index (κ3) is 6.38. The van der Waals surface area contributed by atoms with E-state index in [0.29, 0.717) is 0 Å². The van der Waals surface area contributed by atoms with Crippen molar-refractivity contribution in [1.29, 1.82) is 0 Å². The molecule has 0 atom stereocenters. The van der Waals surface area contributed by atoms with Crippen LogP contribution in [0.1, 0.15) is 17.5 Å². The number of hydrogen-bond donors (Lipinski definition) is 0. The Morgan fingerprint density at radius 3 is 2.16 bits per heavy atom. The summed E-state index contributed by atoms with van der Waals surface area (Å²) in [7, 11) is 1.21. The van der Waals surface area contributed by atoms with Crippen LogP contribution in [0.4, 0.5) is 8.78 Å².